The van der Waals surface area contributed by atoms with Crippen molar-refractivity contribution in [2.75, 3.05) is 134 Å². The average molecular weight is 1500 g/mol. The van der Waals surface area contributed by atoms with Crippen LogP contribution in [0.1, 0.15) is 149 Å². The number of carbonyl (C=O) groups is 10. The van der Waals surface area contributed by atoms with Gasteiger partial charge in [0.25, 0.3) is 0 Å². The van der Waals surface area contributed by atoms with Crippen LogP contribution in [-0.2, 0) is 60.8 Å². The molecule has 3 aromatic rings. The van der Waals surface area contributed by atoms with Crippen molar-refractivity contribution in [1.82, 2.24) is 54.2 Å². The molecule has 2 aliphatic rings. The highest BCUT2D eigenvalue weighted by Gasteiger charge is 2.35. The first kappa shape index (κ1) is 89.9. The number of aliphatic hydroxyl groups excluding tert-OH is 4. The van der Waals surface area contributed by atoms with Gasteiger partial charge in [0.2, 0.25) is 17.8 Å². The van der Waals surface area contributed by atoms with Crippen molar-refractivity contribution in [1.29, 1.82) is 0 Å². The van der Waals surface area contributed by atoms with E-state index in [1.165, 1.54) is 41.5 Å². The second-order valence-electron chi connectivity index (χ2n) is 28.2. The molecule has 0 bridgehead atoms. The number of nitrogens with two attached hydrogens (primary N) is 1. The fourth-order valence-electron chi connectivity index (χ4n) is 13.2. The van der Waals surface area contributed by atoms with Gasteiger partial charge in [-0.05, 0) is 154 Å². The number of carbonyl (C=O) groups excluding carboxylic acids is 6. The summed E-state index contributed by atoms with van der Waals surface area (Å²) in [6, 6.07) is 10.3. The zero-order valence-electron chi connectivity index (χ0n) is 63.1. The van der Waals surface area contributed by atoms with Crippen LogP contribution >= 0.6 is 0 Å². The van der Waals surface area contributed by atoms with Crippen LogP contribution in [0.2, 0.25) is 0 Å². The van der Waals surface area contributed by atoms with Gasteiger partial charge in [-0.25, -0.2) is 0 Å². The van der Waals surface area contributed by atoms with Gasteiger partial charge in [-0.3, -0.25) is 58.4 Å². The smallest absolute Gasteiger partial charge is 0.320 e. The van der Waals surface area contributed by atoms with Gasteiger partial charge in [0, 0.05) is 161 Å². The molecule has 8 atom stereocenters. The summed E-state index contributed by atoms with van der Waals surface area (Å²) < 4.78 is 0. The van der Waals surface area contributed by atoms with E-state index < -0.39 is 73.0 Å². The second-order valence-corrected chi connectivity index (χ2v) is 28.2. The Hall–Kier alpha value is -7.77. The maximum absolute atomic E-state index is 13.4. The molecule has 0 amide bonds. The molecule has 1 aromatic heterocycles. The number of nitrogens with one attached hydrogen (secondary N) is 3. The topological polar surface area (TPSA) is 459 Å². The van der Waals surface area contributed by atoms with Crippen LogP contribution in [-0.4, -0.2) is 320 Å². The highest BCUT2D eigenvalue weighted by Crippen LogP contribution is 2.25. The summed E-state index contributed by atoms with van der Waals surface area (Å²) in [7, 11) is 0. The molecule has 33 heteroatoms. The van der Waals surface area contributed by atoms with Gasteiger partial charge < -0.3 is 91.3 Å². The van der Waals surface area contributed by atoms with Crippen molar-refractivity contribution < 1.29 is 88.8 Å². The van der Waals surface area contributed by atoms with Crippen LogP contribution in [0.5, 0.6) is 0 Å². The van der Waals surface area contributed by atoms with Gasteiger partial charge in [-0.1, -0.05) is 24.3 Å². The Bertz CT molecular complexity index is 3320. The predicted octanol–water partition coefficient (Wildman–Crippen LogP) is 2.73. The molecule has 5 rings (SSSR count). The third-order valence-corrected chi connectivity index (χ3v) is 19.7. The standard InChI is InChI=1S/C74H117N15O18/c1-50(90)8-24-60(68(100)101)82-34-35-83(61(69(102)103)25-9-51(2)91)40-45-89(49-48-87(43-38-82)65(97)29-12-54(5)94)67(99)31-19-57-16-22-59(23-17-57)78-74-80-72(76-33-7-32-75)79-73(81-74)77-58-20-14-56(15-21-58)18-27-63(71(106)107)85-37-36-84(62(70(104)105)26-10-52(3)92)39-42-86(64(96)28-11-53(4)93)46-47-88(44-41-85)66(98)30-13-55(6)95/h14-17,20-23,60-67,96-99H,7-13,18-19,24-49,75H2,1-6H3,(H,100,101)(H,102,103)(H,104,105)(H,106,107)(H3,76,77,78,79,80,81). The van der Waals surface area contributed by atoms with Crippen molar-refractivity contribution >= 4 is 87.8 Å². The van der Waals surface area contributed by atoms with Gasteiger partial charge in [0.15, 0.2) is 0 Å². The molecule has 8 unspecified atom stereocenters. The Morgan fingerprint density at radius 2 is 0.579 bits per heavy atom. The fraction of sp³-hybridized carbons (Fsp3) is 0.662. The Morgan fingerprint density at radius 3 is 0.841 bits per heavy atom. The molecule has 3 heterocycles. The van der Waals surface area contributed by atoms with Crippen LogP contribution in [0, 0.1) is 0 Å². The molecule has 2 saturated heterocycles. The van der Waals surface area contributed by atoms with Crippen LogP contribution in [0.4, 0.5) is 29.2 Å². The molecule has 2 aromatic carbocycles. The van der Waals surface area contributed by atoms with Crippen LogP contribution in [0.15, 0.2) is 48.5 Å². The zero-order valence-corrected chi connectivity index (χ0v) is 63.1. The summed E-state index contributed by atoms with van der Waals surface area (Å²) in [4.78, 5) is 152. The number of anilines is 5. The van der Waals surface area contributed by atoms with E-state index in [0.717, 1.165) is 11.1 Å². The molecule has 596 valence electrons. The van der Waals surface area contributed by atoms with Crippen molar-refractivity contribution in [3.8, 4) is 0 Å². The first-order chi connectivity index (χ1) is 50.9. The summed E-state index contributed by atoms with van der Waals surface area (Å²) in [6.07, 6.45) is -2.01. The summed E-state index contributed by atoms with van der Waals surface area (Å²) in [5, 5.41) is 98.4. The number of aromatic nitrogens is 3. The van der Waals surface area contributed by atoms with Gasteiger partial charge >= 0.3 is 23.9 Å². The van der Waals surface area contributed by atoms with E-state index in [1.54, 1.807) is 51.3 Å². The van der Waals surface area contributed by atoms with Crippen LogP contribution in [0.25, 0.3) is 0 Å². The third-order valence-electron chi connectivity index (χ3n) is 19.7. The number of aliphatic carboxylic acids is 4. The molecule has 0 saturated carbocycles. The van der Waals surface area contributed by atoms with Gasteiger partial charge in [0.1, 0.15) is 83.8 Å². The normalized spacial score (nSPS) is 18.3. The number of carboxylic acids is 4. The lowest BCUT2D eigenvalue weighted by Gasteiger charge is -2.39. The van der Waals surface area contributed by atoms with Crippen LogP contribution in [0.3, 0.4) is 0 Å². The second kappa shape index (κ2) is 47.2. The molecule has 107 heavy (non-hydrogen) atoms. The lowest BCUT2D eigenvalue weighted by Crippen LogP contribution is -2.55. The maximum Gasteiger partial charge on any atom is 0.320 e. The molecular formula is C74H117N15O18. The molecule has 13 N–H and O–H groups in total. The number of hydrogen-bond donors (Lipinski definition) is 12. The lowest BCUT2D eigenvalue weighted by molar-refractivity contribution is -0.147. The quantitative estimate of drug-likeness (QED) is 0.0362. The van der Waals surface area contributed by atoms with E-state index in [0.29, 0.717) is 43.7 Å². The van der Waals surface area contributed by atoms with E-state index >= 15 is 0 Å². The van der Waals surface area contributed by atoms with E-state index in [4.69, 9.17) is 5.73 Å². The first-order valence-electron chi connectivity index (χ1n) is 37.3. The monoisotopic (exact) mass is 1500 g/mol. The molecular weight excluding hydrogens is 1390 g/mol. The van der Waals surface area contributed by atoms with Crippen LogP contribution < -0.4 is 21.7 Å². The largest absolute Gasteiger partial charge is 0.480 e. The number of ketones is 6. The zero-order chi connectivity index (χ0) is 78.7. The number of aryl methyl sites for hydroxylation is 2. The Labute approximate surface area is 627 Å². The van der Waals surface area contributed by atoms with Crippen molar-refractivity contribution in [2.45, 2.75) is 200 Å². The van der Waals surface area contributed by atoms with Gasteiger partial charge in [-0.15, -0.1) is 0 Å². The Morgan fingerprint density at radius 1 is 0.346 bits per heavy atom. The number of rotatable bonds is 44. The highest BCUT2D eigenvalue weighted by atomic mass is 16.4. The van der Waals surface area contributed by atoms with E-state index in [1.807, 2.05) is 36.4 Å². The first-order valence-corrected chi connectivity index (χ1v) is 37.3. The molecule has 2 aliphatic heterocycles. The maximum atomic E-state index is 13.4. The molecule has 0 spiro atoms. The minimum atomic E-state index is -1.16. The molecule has 0 radical (unpaired) electrons. The fourth-order valence-corrected chi connectivity index (χ4v) is 13.2. The van der Waals surface area contributed by atoms with E-state index in [9.17, 15) is 88.8 Å². The number of aliphatic hydroxyl groups is 4. The van der Waals surface area contributed by atoms with E-state index in [-0.39, 0.29) is 247 Å². The average Bonchev–Trinajstić information content (AvgIpc) is 0.843. The number of benzene rings is 2. The predicted molar refractivity (Wildman–Crippen MR) is 400 cm³/mol. The molecule has 0 aliphatic carbocycles. The number of carboxylic acid groups (broad SMARTS) is 4. The number of Topliss-reactive ketones (excluding diaryl/α,β-unsaturated/α-hetero) is 6. The summed E-state index contributed by atoms with van der Waals surface area (Å²) in [5.74, 6) is -4.93. The van der Waals surface area contributed by atoms with Crippen molar-refractivity contribution in [2.24, 2.45) is 5.73 Å². The summed E-state index contributed by atoms with van der Waals surface area (Å²) >= 11 is 0. The van der Waals surface area contributed by atoms with Gasteiger partial charge in [-0.2, -0.15) is 15.0 Å². The highest BCUT2D eigenvalue weighted by molar-refractivity contribution is 5.80. The minimum absolute atomic E-state index is 0.000244. The molecule has 33 nitrogen and oxygen atoms in total. The third kappa shape index (κ3) is 33.3. The molecule has 2 fully saturated rings. The van der Waals surface area contributed by atoms with Crippen molar-refractivity contribution in [3.63, 3.8) is 0 Å². The summed E-state index contributed by atoms with van der Waals surface area (Å²) in [6.45, 7) is 11.4. The SMILES string of the molecule is CC(=O)CCC(O)N1CCN(C(O)CCc2ccc(Nc3nc(NCCCN)nc(Nc4ccc(CCC(C(=O)O)N5CCN(C(O)CCC(C)=O)CCN(C(O)CCC(C)=O)CCN(C(CCC(C)=O)C(=O)O)CC5)cc4)n3)cc2)CCN(C(CCC(C)=O)C(=O)O)CCN(C(CCC(C)=O)C(=O)O)CC1. The number of hydrogen-bond acceptors (Lipinski definition) is 29. The lowest BCUT2D eigenvalue weighted by atomic mass is 10.0. The Balaban J connectivity index is 1.33. The summed E-state index contributed by atoms with van der Waals surface area (Å²) in [5.41, 5.74) is 8.68. The van der Waals surface area contributed by atoms with E-state index in [2.05, 4.69) is 30.9 Å². The number of nitrogens with zero attached hydrogens (tertiary/aromatic N) is 11. The Kier molecular flexibility index (Phi) is 39.7. The van der Waals surface area contributed by atoms with Crippen molar-refractivity contribution in [3.05, 3.63) is 59.7 Å². The minimum Gasteiger partial charge on any atom is -0.480 e. The van der Waals surface area contributed by atoms with Gasteiger partial charge in [0.05, 0.1) is 0 Å².